The van der Waals surface area contributed by atoms with Gasteiger partial charge in [-0.1, -0.05) is 18.5 Å². The molecule has 0 spiro atoms. The second-order valence-electron chi connectivity index (χ2n) is 2.69. The van der Waals surface area contributed by atoms with E-state index in [9.17, 15) is 4.79 Å². The van der Waals surface area contributed by atoms with Gasteiger partial charge < -0.3 is 10.6 Å². The zero-order valence-electron chi connectivity index (χ0n) is 7.88. The molecule has 76 valence electrons. The normalized spacial score (nSPS) is 9.86. The van der Waals surface area contributed by atoms with Gasteiger partial charge in [0.2, 0.25) is 5.91 Å². The summed E-state index contributed by atoms with van der Waals surface area (Å²) >= 11 is 5.73. The Morgan fingerprint density at radius 1 is 1.64 bits per heavy atom. The number of halogens is 1. The Kier molecular flexibility index (Phi) is 4.35. The molecule has 0 unspecified atom stereocenters. The van der Waals surface area contributed by atoms with Crippen LogP contribution in [-0.4, -0.2) is 24.0 Å². The van der Waals surface area contributed by atoms with Gasteiger partial charge in [-0.15, -0.1) is 0 Å². The number of amides is 1. The summed E-state index contributed by atoms with van der Waals surface area (Å²) in [5.74, 6) is 0.349. The fraction of sp³-hybridized carbons (Fsp3) is 0.333. The monoisotopic (exact) mass is 213 g/mol. The van der Waals surface area contributed by atoms with Crippen molar-refractivity contribution in [2.24, 2.45) is 0 Å². The van der Waals surface area contributed by atoms with Crippen molar-refractivity contribution < 1.29 is 4.79 Å². The molecule has 0 atom stereocenters. The van der Waals surface area contributed by atoms with Crippen LogP contribution < -0.4 is 10.6 Å². The maximum absolute atomic E-state index is 11.2. The van der Waals surface area contributed by atoms with Crippen molar-refractivity contribution in [3.63, 3.8) is 0 Å². The van der Waals surface area contributed by atoms with Crippen LogP contribution in [0.2, 0.25) is 5.02 Å². The predicted octanol–water partition coefficient (Wildman–Crippen LogP) is 1.28. The van der Waals surface area contributed by atoms with E-state index in [-0.39, 0.29) is 12.5 Å². The van der Waals surface area contributed by atoms with E-state index in [0.717, 1.165) is 6.54 Å². The summed E-state index contributed by atoms with van der Waals surface area (Å²) in [4.78, 5) is 15.2. The molecule has 0 aromatic carbocycles. The minimum Gasteiger partial charge on any atom is -0.310 e. The van der Waals surface area contributed by atoms with Gasteiger partial charge in [0.15, 0.2) is 0 Å². The summed E-state index contributed by atoms with van der Waals surface area (Å²) < 4.78 is 0. The molecule has 1 heterocycles. The summed E-state index contributed by atoms with van der Waals surface area (Å²) in [5, 5.41) is 6.09. The van der Waals surface area contributed by atoms with Crippen LogP contribution in [0.1, 0.15) is 6.92 Å². The van der Waals surface area contributed by atoms with Gasteiger partial charge in [-0.05, 0) is 18.7 Å². The first kappa shape index (κ1) is 10.9. The van der Waals surface area contributed by atoms with Crippen LogP contribution in [0.25, 0.3) is 0 Å². The first-order chi connectivity index (χ1) is 6.72. The molecule has 1 rings (SSSR count). The number of nitrogens with one attached hydrogen (secondary N) is 2. The largest absolute Gasteiger partial charge is 0.310 e. The highest BCUT2D eigenvalue weighted by Crippen LogP contribution is 2.11. The number of carbonyl (C=O) groups excluding carboxylic acids is 1. The van der Waals surface area contributed by atoms with E-state index >= 15 is 0 Å². The summed E-state index contributed by atoms with van der Waals surface area (Å²) in [6.07, 6.45) is 1.55. The predicted molar refractivity (Wildman–Crippen MR) is 56.4 cm³/mol. The number of hydrogen-bond donors (Lipinski definition) is 2. The summed E-state index contributed by atoms with van der Waals surface area (Å²) in [7, 11) is 0. The molecule has 1 aromatic rings. The van der Waals surface area contributed by atoms with E-state index < -0.39 is 0 Å². The summed E-state index contributed by atoms with van der Waals surface area (Å²) in [6, 6.07) is 3.26. The van der Waals surface area contributed by atoms with Crippen molar-refractivity contribution in [1.82, 2.24) is 10.3 Å². The van der Waals surface area contributed by atoms with Gasteiger partial charge in [-0.3, -0.25) is 4.79 Å². The van der Waals surface area contributed by atoms with Crippen LogP contribution in [0, 0.1) is 0 Å². The number of aromatic nitrogens is 1. The lowest BCUT2D eigenvalue weighted by molar-refractivity contribution is -0.115. The van der Waals surface area contributed by atoms with Crippen LogP contribution in [0.15, 0.2) is 18.3 Å². The van der Waals surface area contributed by atoms with Crippen molar-refractivity contribution >= 4 is 23.3 Å². The molecule has 0 aliphatic rings. The van der Waals surface area contributed by atoms with Crippen molar-refractivity contribution in [2.75, 3.05) is 18.4 Å². The zero-order valence-corrected chi connectivity index (χ0v) is 8.64. The first-order valence-corrected chi connectivity index (χ1v) is 4.72. The molecule has 1 amide bonds. The van der Waals surface area contributed by atoms with Gasteiger partial charge in [0.1, 0.15) is 5.82 Å². The second-order valence-corrected chi connectivity index (χ2v) is 3.12. The Morgan fingerprint density at radius 3 is 3.07 bits per heavy atom. The maximum atomic E-state index is 11.2. The molecule has 0 saturated heterocycles. The van der Waals surface area contributed by atoms with Crippen LogP contribution in [0.5, 0.6) is 0 Å². The fourth-order valence-corrected chi connectivity index (χ4v) is 1.06. The molecule has 5 heteroatoms. The number of carbonyl (C=O) groups is 1. The lowest BCUT2D eigenvalue weighted by Crippen LogP contribution is -2.28. The zero-order chi connectivity index (χ0) is 10.4. The van der Waals surface area contributed by atoms with Crippen molar-refractivity contribution in [1.29, 1.82) is 0 Å². The highest BCUT2D eigenvalue weighted by Gasteiger charge is 2.01. The molecule has 4 nitrogen and oxygen atoms in total. The molecule has 0 aliphatic heterocycles. The molecular formula is C9H12ClN3O. The van der Waals surface area contributed by atoms with Gasteiger partial charge in [0, 0.05) is 11.2 Å². The number of hydrogen-bond acceptors (Lipinski definition) is 3. The lowest BCUT2D eigenvalue weighted by atomic mass is 10.4. The van der Waals surface area contributed by atoms with Gasteiger partial charge in [-0.2, -0.15) is 0 Å². The standard InChI is InChI=1S/C9H12ClN3O/c1-2-11-6-9(14)13-8-5-7(10)3-4-12-8/h3-5,11H,2,6H2,1H3,(H,12,13,14). The Bertz CT molecular complexity index is 317. The Labute approximate surface area is 87.7 Å². The molecule has 2 N–H and O–H groups in total. The van der Waals surface area contributed by atoms with E-state index in [4.69, 9.17) is 11.6 Å². The van der Waals surface area contributed by atoms with E-state index in [1.54, 1.807) is 18.3 Å². The highest BCUT2D eigenvalue weighted by molar-refractivity contribution is 6.30. The summed E-state index contributed by atoms with van der Waals surface area (Å²) in [5.41, 5.74) is 0. The molecule has 14 heavy (non-hydrogen) atoms. The third kappa shape index (κ3) is 3.72. The molecule has 0 bridgehead atoms. The van der Waals surface area contributed by atoms with Gasteiger partial charge in [-0.25, -0.2) is 4.98 Å². The average molecular weight is 214 g/mol. The molecule has 0 fully saturated rings. The van der Waals surface area contributed by atoms with E-state index in [0.29, 0.717) is 10.8 Å². The van der Waals surface area contributed by atoms with Crippen LogP contribution in [0.3, 0.4) is 0 Å². The van der Waals surface area contributed by atoms with E-state index in [1.807, 2.05) is 6.92 Å². The van der Waals surface area contributed by atoms with Crippen molar-refractivity contribution in [3.8, 4) is 0 Å². The Balaban J connectivity index is 2.47. The van der Waals surface area contributed by atoms with Gasteiger partial charge in [0.25, 0.3) is 0 Å². The number of anilines is 1. The van der Waals surface area contributed by atoms with Crippen LogP contribution in [-0.2, 0) is 4.79 Å². The van der Waals surface area contributed by atoms with Crippen molar-refractivity contribution in [2.45, 2.75) is 6.92 Å². The molecule has 0 aliphatic carbocycles. The Morgan fingerprint density at radius 2 is 2.43 bits per heavy atom. The smallest absolute Gasteiger partial charge is 0.239 e. The maximum Gasteiger partial charge on any atom is 0.239 e. The Hall–Kier alpha value is -1.13. The van der Waals surface area contributed by atoms with Crippen LogP contribution in [0.4, 0.5) is 5.82 Å². The fourth-order valence-electron chi connectivity index (χ4n) is 0.899. The van der Waals surface area contributed by atoms with E-state index in [1.165, 1.54) is 0 Å². The second kappa shape index (κ2) is 5.57. The number of pyridine rings is 1. The minimum absolute atomic E-state index is 0.124. The SMILES string of the molecule is CCNCC(=O)Nc1cc(Cl)ccn1. The summed E-state index contributed by atoms with van der Waals surface area (Å²) in [6.45, 7) is 2.98. The van der Waals surface area contributed by atoms with Gasteiger partial charge >= 0.3 is 0 Å². The molecule has 1 aromatic heterocycles. The number of likely N-dealkylation sites (N-methyl/N-ethyl adjacent to an activating group) is 1. The third-order valence-corrected chi connectivity index (χ3v) is 1.76. The molecule has 0 saturated carbocycles. The lowest BCUT2D eigenvalue weighted by Gasteiger charge is -2.04. The molecular weight excluding hydrogens is 202 g/mol. The topological polar surface area (TPSA) is 54.0 Å². The van der Waals surface area contributed by atoms with Gasteiger partial charge in [0.05, 0.1) is 6.54 Å². The number of rotatable bonds is 4. The van der Waals surface area contributed by atoms with Crippen molar-refractivity contribution in [3.05, 3.63) is 23.4 Å². The first-order valence-electron chi connectivity index (χ1n) is 4.34. The highest BCUT2D eigenvalue weighted by atomic mass is 35.5. The average Bonchev–Trinajstić information content (AvgIpc) is 2.15. The van der Waals surface area contributed by atoms with Crippen LogP contribution >= 0.6 is 11.6 Å². The quantitative estimate of drug-likeness (QED) is 0.793. The van der Waals surface area contributed by atoms with E-state index in [2.05, 4.69) is 15.6 Å². The number of nitrogens with zero attached hydrogens (tertiary/aromatic N) is 1. The third-order valence-electron chi connectivity index (χ3n) is 1.53. The molecule has 0 radical (unpaired) electrons. The minimum atomic E-state index is -0.124.